The molecule has 0 saturated carbocycles. The lowest BCUT2D eigenvalue weighted by atomic mass is 9.98. The van der Waals surface area contributed by atoms with Gasteiger partial charge in [-0.15, -0.1) is 0 Å². The van der Waals surface area contributed by atoms with Gasteiger partial charge in [0.15, 0.2) is 0 Å². The van der Waals surface area contributed by atoms with Crippen LogP contribution in [0.25, 0.3) is 0 Å². The Labute approximate surface area is 125 Å². The largest absolute Gasteiger partial charge is 0.324 e. The molecule has 0 bridgehead atoms. The molecule has 4 nitrogen and oxygen atoms in total. The normalized spacial score (nSPS) is 12.2. The van der Waals surface area contributed by atoms with E-state index in [9.17, 15) is 10.1 Å². The molecule has 104 valence electrons. The van der Waals surface area contributed by atoms with Crippen LogP contribution in [0.2, 0.25) is 0 Å². The Hall–Kier alpha value is -1.72. The highest BCUT2D eigenvalue weighted by molar-refractivity contribution is 9.10. The van der Waals surface area contributed by atoms with Crippen LogP contribution in [-0.2, 0) is 6.42 Å². The number of nitro benzene ring substituents is 1. The summed E-state index contributed by atoms with van der Waals surface area (Å²) in [5.74, 6) is 0. The molecular formula is C15H15BrN2O2. The fraction of sp³-hybridized carbons (Fsp3) is 0.200. The van der Waals surface area contributed by atoms with E-state index in [1.807, 2.05) is 19.1 Å². The van der Waals surface area contributed by atoms with E-state index in [0.717, 1.165) is 21.2 Å². The topological polar surface area (TPSA) is 69.2 Å². The average Bonchev–Trinajstić information content (AvgIpc) is 2.38. The van der Waals surface area contributed by atoms with Gasteiger partial charge in [0.05, 0.1) is 4.92 Å². The van der Waals surface area contributed by atoms with Crippen LogP contribution in [0.4, 0.5) is 5.69 Å². The highest BCUT2D eigenvalue weighted by Gasteiger charge is 2.10. The molecule has 0 aliphatic heterocycles. The summed E-state index contributed by atoms with van der Waals surface area (Å²) in [6, 6.07) is 12.5. The summed E-state index contributed by atoms with van der Waals surface area (Å²) in [6.07, 6.45) is 0.647. The van der Waals surface area contributed by atoms with Gasteiger partial charge in [-0.25, -0.2) is 0 Å². The van der Waals surface area contributed by atoms with Crippen molar-refractivity contribution >= 4 is 21.6 Å². The third kappa shape index (κ3) is 3.65. The Kier molecular flexibility index (Phi) is 4.52. The van der Waals surface area contributed by atoms with Crippen molar-refractivity contribution < 1.29 is 4.92 Å². The molecule has 2 rings (SSSR count). The first-order valence-corrected chi connectivity index (χ1v) is 7.01. The molecular weight excluding hydrogens is 320 g/mol. The highest BCUT2D eigenvalue weighted by atomic mass is 79.9. The number of nitro groups is 1. The second-order valence-electron chi connectivity index (χ2n) is 4.80. The summed E-state index contributed by atoms with van der Waals surface area (Å²) in [5.41, 5.74) is 9.49. The van der Waals surface area contributed by atoms with Gasteiger partial charge in [-0.05, 0) is 42.2 Å². The van der Waals surface area contributed by atoms with Crippen LogP contribution in [0.5, 0.6) is 0 Å². The monoisotopic (exact) mass is 334 g/mol. The zero-order chi connectivity index (χ0) is 14.7. The number of hydrogen-bond donors (Lipinski definition) is 1. The van der Waals surface area contributed by atoms with Crippen LogP contribution in [0.15, 0.2) is 46.9 Å². The van der Waals surface area contributed by atoms with E-state index in [1.165, 1.54) is 12.1 Å². The van der Waals surface area contributed by atoms with Gasteiger partial charge in [0.1, 0.15) is 0 Å². The van der Waals surface area contributed by atoms with Gasteiger partial charge in [0.2, 0.25) is 0 Å². The van der Waals surface area contributed by atoms with Crippen molar-refractivity contribution in [1.29, 1.82) is 0 Å². The van der Waals surface area contributed by atoms with Gasteiger partial charge < -0.3 is 5.73 Å². The quantitative estimate of drug-likeness (QED) is 0.680. The van der Waals surface area contributed by atoms with E-state index >= 15 is 0 Å². The maximum atomic E-state index is 10.6. The van der Waals surface area contributed by atoms with Gasteiger partial charge in [-0.1, -0.05) is 34.1 Å². The number of nitrogens with two attached hydrogens (primary N) is 1. The van der Waals surface area contributed by atoms with Crippen molar-refractivity contribution in [3.8, 4) is 0 Å². The summed E-state index contributed by atoms with van der Waals surface area (Å²) in [5, 5.41) is 10.6. The molecule has 0 heterocycles. The van der Waals surface area contributed by atoms with E-state index in [-0.39, 0.29) is 11.7 Å². The molecule has 0 amide bonds. The molecule has 0 radical (unpaired) electrons. The van der Waals surface area contributed by atoms with Crippen molar-refractivity contribution in [2.75, 3.05) is 0 Å². The summed E-state index contributed by atoms with van der Waals surface area (Å²) < 4.78 is 1.01. The maximum absolute atomic E-state index is 10.6. The molecule has 20 heavy (non-hydrogen) atoms. The van der Waals surface area contributed by atoms with Crippen molar-refractivity contribution in [1.82, 2.24) is 0 Å². The third-order valence-electron chi connectivity index (χ3n) is 3.10. The number of rotatable bonds is 4. The van der Waals surface area contributed by atoms with Crippen LogP contribution in [0.1, 0.15) is 22.7 Å². The molecule has 0 spiro atoms. The van der Waals surface area contributed by atoms with E-state index in [4.69, 9.17) is 5.73 Å². The van der Waals surface area contributed by atoms with Crippen LogP contribution in [0, 0.1) is 17.0 Å². The van der Waals surface area contributed by atoms with Gasteiger partial charge in [0, 0.05) is 22.6 Å². The zero-order valence-corrected chi connectivity index (χ0v) is 12.6. The molecule has 2 aromatic rings. The highest BCUT2D eigenvalue weighted by Crippen LogP contribution is 2.23. The number of nitrogens with zero attached hydrogens (tertiary/aromatic N) is 1. The second kappa shape index (κ2) is 6.15. The predicted molar refractivity (Wildman–Crippen MR) is 82.6 cm³/mol. The molecule has 0 saturated heterocycles. The summed E-state index contributed by atoms with van der Waals surface area (Å²) in [7, 11) is 0. The molecule has 1 unspecified atom stereocenters. The van der Waals surface area contributed by atoms with E-state index in [1.54, 1.807) is 12.1 Å². The molecule has 2 N–H and O–H groups in total. The first-order chi connectivity index (χ1) is 9.45. The minimum Gasteiger partial charge on any atom is -0.324 e. The van der Waals surface area contributed by atoms with Crippen molar-refractivity contribution in [3.05, 3.63) is 73.7 Å². The van der Waals surface area contributed by atoms with E-state index in [0.29, 0.717) is 6.42 Å². The fourth-order valence-electron chi connectivity index (χ4n) is 2.10. The Bertz CT molecular complexity index is 606. The van der Waals surface area contributed by atoms with E-state index in [2.05, 4.69) is 22.0 Å². The molecule has 0 aliphatic rings. The standard InChI is InChI=1S/C15H15BrN2O2/c1-10-6-12(9-13(16)7-10)15(17)8-11-2-4-14(5-3-11)18(19)20/h2-7,9,15H,8,17H2,1H3. The van der Waals surface area contributed by atoms with Gasteiger partial charge in [0.25, 0.3) is 5.69 Å². The second-order valence-corrected chi connectivity index (χ2v) is 5.71. The summed E-state index contributed by atoms with van der Waals surface area (Å²) >= 11 is 3.46. The van der Waals surface area contributed by atoms with E-state index < -0.39 is 4.92 Å². The first kappa shape index (κ1) is 14.7. The number of benzene rings is 2. The Morgan fingerprint density at radius 1 is 1.25 bits per heavy atom. The number of non-ortho nitro benzene ring substituents is 1. The van der Waals surface area contributed by atoms with Crippen molar-refractivity contribution in [2.45, 2.75) is 19.4 Å². The smallest absolute Gasteiger partial charge is 0.269 e. The molecule has 2 aromatic carbocycles. The molecule has 5 heteroatoms. The number of aryl methyl sites for hydroxylation is 1. The maximum Gasteiger partial charge on any atom is 0.269 e. The van der Waals surface area contributed by atoms with Crippen LogP contribution in [-0.4, -0.2) is 4.92 Å². The Morgan fingerprint density at radius 3 is 2.45 bits per heavy atom. The lowest BCUT2D eigenvalue weighted by Gasteiger charge is -2.13. The lowest BCUT2D eigenvalue weighted by Crippen LogP contribution is -2.13. The number of hydrogen-bond acceptors (Lipinski definition) is 3. The number of halogens is 1. The van der Waals surface area contributed by atoms with Crippen LogP contribution in [0.3, 0.4) is 0 Å². The van der Waals surface area contributed by atoms with Crippen LogP contribution < -0.4 is 5.73 Å². The van der Waals surface area contributed by atoms with Crippen molar-refractivity contribution in [2.24, 2.45) is 5.73 Å². The Balaban J connectivity index is 2.14. The van der Waals surface area contributed by atoms with Crippen LogP contribution >= 0.6 is 15.9 Å². The van der Waals surface area contributed by atoms with Gasteiger partial charge in [-0.3, -0.25) is 10.1 Å². The summed E-state index contributed by atoms with van der Waals surface area (Å²) in [6.45, 7) is 2.02. The Morgan fingerprint density at radius 2 is 1.90 bits per heavy atom. The predicted octanol–water partition coefficient (Wildman–Crippen LogP) is 3.91. The zero-order valence-electron chi connectivity index (χ0n) is 11.0. The van der Waals surface area contributed by atoms with Crippen molar-refractivity contribution in [3.63, 3.8) is 0 Å². The molecule has 0 aromatic heterocycles. The third-order valence-corrected chi connectivity index (χ3v) is 3.55. The first-order valence-electron chi connectivity index (χ1n) is 6.21. The average molecular weight is 335 g/mol. The molecule has 0 fully saturated rings. The minimum atomic E-state index is -0.401. The summed E-state index contributed by atoms with van der Waals surface area (Å²) in [4.78, 5) is 10.2. The molecule has 0 aliphatic carbocycles. The lowest BCUT2D eigenvalue weighted by molar-refractivity contribution is -0.384. The van der Waals surface area contributed by atoms with Gasteiger partial charge in [-0.2, -0.15) is 0 Å². The van der Waals surface area contributed by atoms with Gasteiger partial charge >= 0.3 is 0 Å². The molecule has 1 atom stereocenters. The SMILES string of the molecule is Cc1cc(Br)cc(C(N)Cc2ccc([N+](=O)[O-])cc2)c1. The minimum absolute atomic E-state index is 0.0978. The fourth-order valence-corrected chi connectivity index (χ4v) is 2.73.